The Hall–Kier alpha value is -2.51. The molecule has 1 atom stereocenters. The molecule has 2 N–H and O–H groups in total. The quantitative estimate of drug-likeness (QED) is 0.537. The van der Waals surface area contributed by atoms with E-state index in [1.807, 2.05) is 13.0 Å². The van der Waals surface area contributed by atoms with E-state index < -0.39 is 11.6 Å². The van der Waals surface area contributed by atoms with Gasteiger partial charge in [0.1, 0.15) is 0 Å². The van der Waals surface area contributed by atoms with Crippen molar-refractivity contribution in [3.63, 3.8) is 0 Å². The van der Waals surface area contributed by atoms with Gasteiger partial charge in [-0.3, -0.25) is 9.89 Å². The topological polar surface area (TPSA) is 48.9 Å². The van der Waals surface area contributed by atoms with E-state index in [2.05, 4.69) is 38.7 Å². The van der Waals surface area contributed by atoms with Crippen LogP contribution in [0.3, 0.4) is 0 Å². The van der Waals surface area contributed by atoms with Crippen LogP contribution in [0.4, 0.5) is 8.78 Å². The van der Waals surface area contributed by atoms with Gasteiger partial charge in [-0.1, -0.05) is 37.3 Å². The average Bonchev–Trinajstić information content (AvgIpc) is 2.77. The van der Waals surface area contributed by atoms with Crippen LogP contribution in [0.5, 0.6) is 0 Å². The lowest BCUT2D eigenvalue weighted by atomic mass is 10.0. The monoisotopic (exact) mass is 416 g/mol. The highest BCUT2D eigenvalue weighted by atomic mass is 19.2. The van der Waals surface area contributed by atoms with Crippen LogP contribution in [0.15, 0.2) is 47.5 Å². The number of halogens is 2. The normalized spacial score (nSPS) is 16.3. The van der Waals surface area contributed by atoms with Gasteiger partial charge in [0.25, 0.3) is 0 Å². The van der Waals surface area contributed by atoms with Crippen LogP contribution in [0, 0.1) is 11.6 Å². The third-order valence-electron chi connectivity index (χ3n) is 5.37. The number of nitrogens with zero attached hydrogens (tertiary/aromatic N) is 2. The van der Waals surface area contributed by atoms with E-state index in [4.69, 9.17) is 4.74 Å². The fourth-order valence-corrected chi connectivity index (χ4v) is 3.47. The number of nitrogens with one attached hydrogen (secondary N) is 2. The molecule has 0 aliphatic carbocycles. The van der Waals surface area contributed by atoms with Crippen LogP contribution in [-0.2, 0) is 17.8 Å². The predicted molar refractivity (Wildman–Crippen MR) is 116 cm³/mol. The Kier molecular flexibility index (Phi) is 8.16. The lowest BCUT2D eigenvalue weighted by Crippen LogP contribution is -2.39. The summed E-state index contributed by atoms with van der Waals surface area (Å²) in [5, 5.41) is 6.62. The standard InChI is InChI=1S/C23H30F2N4O/c1-17(18-7-8-21(24)22(25)13-18)14-27-23(26-2)28-15-19-5-3-4-6-20(19)16-29-9-11-30-12-10-29/h3-8,13,17H,9-12,14-16H2,1-2H3,(H2,26,27,28). The van der Waals surface area contributed by atoms with Crippen molar-refractivity contribution in [3.05, 3.63) is 70.8 Å². The van der Waals surface area contributed by atoms with Crippen molar-refractivity contribution in [1.29, 1.82) is 0 Å². The summed E-state index contributed by atoms with van der Waals surface area (Å²) in [5.41, 5.74) is 3.26. The fourth-order valence-electron chi connectivity index (χ4n) is 3.47. The smallest absolute Gasteiger partial charge is 0.191 e. The number of guanidine groups is 1. The van der Waals surface area contributed by atoms with Gasteiger partial charge in [0.2, 0.25) is 0 Å². The van der Waals surface area contributed by atoms with Crippen molar-refractivity contribution in [2.24, 2.45) is 4.99 Å². The molecule has 1 unspecified atom stereocenters. The Morgan fingerprint density at radius 1 is 1.07 bits per heavy atom. The van der Waals surface area contributed by atoms with Gasteiger partial charge in [0.05, 0.1) is 13.2 Å². The van der Waals surface area contributed by atoms with Gasteiger partial charge < -0.3 is 15.4 Å². The largest absolute Gasteiger partial charge is 0.379 e. The molecule has 3 rings (SSSR count). The van der Waals surface area contributed by atoms with Gasteiger partial charge in [-0.25, -0.2) is 8.78 Å². The number of ether oxygens (including phenoxy) is 1. The van der Waals surface area contributed by atoms with Crippen LogP contribution in [0.1, 0.15) is 29.5 Å². The highest BCUT2D eigenvalue weighted by Gasteiger charge is 2.13. The number of hydrogen-bond acceptors (Lipinski definition) is 3. The molecule has 1 saturated heterocycles. The molecule has 2 aromatic carbocycles. The third kappa shape index (κ3) is 6.24. The van der Waals surface area contributed by atoms with E-state index >= 15 is 0 Å². The average molecular weight is 417 g/mol. The molecule has 1 aliphatic rings. The molecule has 30 heavy (non-hydrogen) atoms. The summed E-state index contributed by atoms with van der Waals surface area (Å²) < 4.78 is 32.1. The predicted octanol–water partition coefficient (Wildman–Crippen LogP) is 3.27. The summed E-state index contributed by atoms with van der Waals surface area (Å²) in [7, 11) is 1.72. The number of morpholine rings is 1. The molecule has 162 valence electrons. The van der Waals surface area contributed by atoms with Crippen molar-refractivity contribution in [2.45, 2.75) is 25.9 Å². The van der Waals surface area contributed by atoms with E-state index in [0.717, 1.165) is 38.4 Å². The lowest BCUT2D eigenvalue weighted by Gasteiger charge is -2.27. The minimum atomic E-state index is -0.827. The Morgan fingerprint density at radius 3 is 2.50 bits per heavy atom. The van der Waals surface area contributed by atoms with E-state index in [9.17, 15) is 8.78 Å². The second-order valence-corrected chi connectivity index (χ2v) is 7.54. The summed E-state index contributed by atoms with van der Waals surface area (Å²) >= 11 is 0. The molecule has 1 fully saturated rings. The van der Waals surface area contributed by atoms with Gasteiger partial charge in [-0.2, -0.15) is 0 Å². The number of benzene rings is 2. The highest BCUT2D eigenvalue weighted by Crippen LogP contribution is 2.17. The summed E-state index contributed by atoms with van der Waals surface area (Å²) in [6.07, 6.45) is 0. The zero-order chi connectivity index (χ0) is 21.3. The van der Waals surface area contributed by atoms with Crippen LogP contribution < -0.4 is 10.6 Å². The molecule has 5 nitrogen and oxygen atoms in total. The number of hydrogen-bond donors (Lipinski definition) is 2. The summed E-state index contributed by atoms with van der Waals surface area (Å²) in [6, 6.07) is 12.4. The molecule has 0 amide bonds. The molecule has 1 heterocycles. The zero-order valence-corrected chi connectivity index (χ0v) is 17.6. The first-order chi connectivity index (χ1) is 14.6. The summed E-state index contributed by atoms with van der Waals surface area (Å²) in [5.74, 6) is -0.969. The van der Waals surface area contributed by atoms with E-state index in [1.165, 1.54) is 23.3 Å². The fraction of sp³-hybridized carbons (Fsp3) is 0.435. The molecule has 0 aromatic heterocycles. The highest BCUT2D eigenvalue weighted by molar-refractivity contribution is 5.79. The van der Waals surface area contributed by atoms with E-state index in [-0.39, 0.29) is 5.92 Å². The first kappa shape index (κ1) is 22.2. The minimum Gasteiger partial charge on any atom is -0.379 e. The Morgan fingerprint density at radius 2 is 1.80 bits per heavy atom. The van der Waals surface area contributed by atoms with Crippen molar-refractivity contribution >= 4 is 5.96 Å². The Bertz CT molecular complexity index is 853. The molecular weight excluding hydrogens is 386 g/mol. The van der Waals surface area contributed by atoms with Gasteiger partial charge >= 0.3 is 0 Å². The SMILES string of the molecule is CN=C(NCc1ccccc1CN1CCOCC1)NCC(C)c1ccc(F)c(F)c1. The molecule has 1 aliphatic heterocycles. The molecule has 0 saturated carbocycles. The van der Waals surface area contributed by atoms with Crippen LogP contribution in [0.2, 0.25) is 0 Å². The van der Waals surface area contributed by atoms with Crippen molar-refractivity contribution < 1.29 is 13.5 Å². The first-order valence-corrected chi connectivity index (χ1v) is 10.3. The molecular formula is C23H30F2N4O. The van der Waals surface area contributed by atoms with Gasteiger partial charge in [-0.15, -0.1) is 0 Å². The summed E-state index contributed by atoms with van der Waals surface area (Å²) in [6.45, 7) is 7.55. The van der Waals surface area contributed by atoms with Crippen LogP contribution in [0.25, 0.3) is 0 Å². The Labute approximate surface area is 177 Å². The van der Waals surface area contributed by atoms with Crippen molar-refractivity contribution in [3.8, 4) is 0 Å². The number of rotatable bonds is 7. The van der Waals surface area contributed by atoms with Crippen molar-refractivity contribution in [1.82, 2.24) is 15.5 Å². The zero-order valence-electron chi connectivity index (χ0n) is 17.6. The minimum absolute atomic E-state index is 0.00672. The third-order valence-corrected chi connectivity index (χ3v) is 5.37. The lowest BCUT2D eigenvalue weighted by molar-refractivity contribution is 0.0341. The van der Waals surface area contributed by atoms with Gasteiger partial charge in [0.15, 0.2) is 17.6 Å². The van der Waals surface area contributed by atoms with Crippen LogP contribution >= 0.6 is 0 Å². The van der Waals surface area contributed by atoms with Crippen molar-refractivity contribution in [2.75, 3.05) is 39.9 Å². The van der Waals surface area contributed by atoms with Gasteiger partial charge in [-0.05, 0) is 34.7 Å². The molecule has 0 bridgehead atoms. The van der Waals surface area contributed by atoms with Crippen LogP contribution in [-0.4, -0.2) is 50.8 Å². The van der Waals surface area contributed by atoms with Gasteiger partial charge in [0, 0.05) is 39.8 Å². The summed E-state index contributed by atoms with van der Waals surface area (Å²) in [4.78, 5) is 6.68. The number of aliphatic imine (C=N–C) groups is 1. The second-order valence-electron chi connectivity index (χ2n) is 7.54. The molecule has 2 aromatic rings. The molecule has 0 radical (unpaired) electrons. The van der Waals surface area contributed by atoms with E-state index in [1.54, 1.807) is 13.1 Å². The maximum atomic E-state index is 13.5. The molecule has 0 spiro atoms. The Balaban J connectivity index is 1.53. The first-order valence-electron chi connectivity index (χ1n) is 10.3. The second kappa shape index (κ2) is 11.0. The molecule has 7 heteroatoms. The maximum Gasteiger partial charge on any atom is 0.191 e. The van der Waals surface area contributed by atoms with E-state index in [0.29, 0.717) is 19.0 Å². The maximum absolute atomic E-state index is 13.5.